The fraction of sp³-hybridized carbons (Fsp3) is 0.250. The molecular weight excluding hydrogens is 284 g/mol. The summed E-state index contributed by atoms with van der Waals surface area (Å²) >= 11 is 0. The molecular formula is C20H22N2O. The highest BCUT2D eigenvalue weighted by molar-refractivity contribution is 5.91. The molecule has 0 atom stereocenters. The van der Waals surface area contributed by atoms with Crippen molar-refractivity contribution < 1.29 is 4.79 Å². The molecule has 1 aliphatic rings. The number of hydrogen-bond donors (Lipinski definition) is 1. The Morgan fingerprint density at radius 1 is 1.09 bits per heavy atom. The third-order valence-corrected chi connectivity index (χ3v) is 4.11. The normalized spacial score (nSPS) is 13.3. The maximum atomic E-state index is 11.8. The van der Waals surface area contributed by atoms with E-state index in [1.165, 1.54) is 11.3 Å². The van der Waals surface area contributed by atoms with Gasteiger partial charge in [0.2, 0.25) is 5.91 Å². The quantitative estimate of drug-likeness (QED) is 0.656. The van der Waals surface area contributed by atoms with Gasteiger partial charge in [-0.15, -0.1) is 0 Å². The molecule has 1 heterocycles. The van der Waals surface area contributed by atoms with Crippen LogP contribution in [0.5, 0.6) is 0 Å². The summed E-state index contributed by atoms with van der Waals surface area (Å²) in [6.07, 6.45) is 5.52. The molecule has 0 fully saturated rings. The van der Waals surface area contributed by atoms with E-state index >= 15 is 0 Å². The number of para-hydroxylation sites is 1. The van der Waals surface area contributed by atoms with E-state index in [1.54, 1.807) is 6.08 Å². The lowest BCUT2D eigenvalue weighted by Gasteiger charge is -2.19. The number of nitrogens with zero attached hydrogens (tertiary/aromatic N) is 1. The monoisotopic (exact) mass is 306 g/mol. The van der Waals surface area contributed by atoms with Gasteiger partial charge < -0.3 is 10.2 Å². The Labute approximate surface area is 137 Å². The van der Waals surface area contributed by atoms with Gasteiger partial charge >= 0.3 is 0 Å². The minimum atomic E-state index is -0.0318. The minimum Gasteiger partial charge on any atom is -0.371 e. The zero-order valence-electron chi connectivity index (χ0n) is 13.2. The van der Waals surface area contributed by atoms with Crippen LogP contribution in [-0.4, -0.2) is 25.5 Å². The number of nitrogens with one attached hydrogen (secondary N) is 1. The maximum Gasteiger partial charge on any atom is 0.244 e. The molecule has 0 radical (unpaired) electrons. The molecule has 23 heavy (non-hydrogen) atoms. The molecule has 3 heteroatoms. The fourth-order valence-corrected chi connectivity index (χ4v) is 2.92. The number of anilines is 1. The van der Waals surface area contributed by atoms with Gasteiger partial charge in [-0.1, -0.05) is 48.5 Å². The van der Waals surface area contributed by atoms with Crippen molar-refractivity contribution >= 4 is 17.7 Å². The molecule has 2 aromatic rings. The second-order valence-corrected chi connectivity index (χ2v) is 5.75. The Balaban J connectivity index is 1.39. The van der Waals surface area contributed by atoms with Crippen molar-refractivity contribution in [3.05, 3.63) is 71.8 Å². The number of amides is 1. The predicted molar refractivity (Wildman–Crippen MR) is 95.5 cm³/mol. The van der Waals surface area contributed by atoms with Gasteiger partial charge in [0, 0.05) is 31.4 Å². The van der Waals surface area contributed by atoms with Gasteiger partial charge in [0.15, 0.2) is 0 Å². The van der Waals surface area contributed by atoms with Gasteiger partial charge in [0.25, 0.3) is 0 Å². The van der Waals surface area contributed by atoms with Gasteiger partial charge in [-0.25, -0.2) is 0 Å². The Morgan fingerprint density at radius 3 is 2.74 bits per heavy atom. The molecule has 1 aliphatic heterocycles. The van der Waals surface area contributed by atoms with E-state index in [4.69, 9.17) is 0 Å². The fourth-order valence-electron chi connectivity index (χ4n) is 2.92. The molecule has 1 amide bonds. The van der Waals surface area contributed by atoms with Crippen molar-refractivity contribution in [1.29, 1.82) is 0 Å². The predicted octanol–water partition coefficient (Wildman–Crippen LogP) is 3.27. The van der Waals surface area contributed by atoms with E-state index in [-0.39, 0.29) is 5.91 Å². The van der Waals surface area contributed by atoms with Crippen molar-refractivity contribution in [2.75, 3.05) is 24.5 Å². The molecule has 0 aromatic heterocycles. The van der Waals surface area contributed by atoms with E-state index in [1.807, 2.05) is 36.4 Å². The van der Waals surface area contributed by atoms with Crippen LogP contribution in [0.2, 0.25) is 0 Å². The first kappa shape index (κ1) is 15.3. The van der Waals surface area contributed by atoms with Gasteiger partial charge in [-0.2, -0.15) is 0 Å². The van der Waals surface area contributed by atoms with Crippen molar-refractivity contribution in [3.63, 3.8) is 0 Å². The second-order valence-electron chi connectivity index (χ2n) is 5.75. The Morgan fingerprint density at radius 2 is 1.87 bits per heavy atom. The maximum absolute atomic E-state index is 11.8. The lowest BCUT2D eigenvalue weighted by Crippen LogP contribution is -2.28. The first-order valence-corrected chi connectivity index (χ1v) is 8.17. The minimum absolute atomic E-state index is 0.0318. The molecule has 3 nitrogen and oxygen atoms in total. The van der Waals surface area contributed by atoms with Crippen LogP contribution in [-0.2, 0) is 11.2 Å². The second kappa shape index (κ2) is 7.63. The highest BCUT2D eigenvalue weighted by Crippen LogP contribution is 2.27. The largest absolute Gasteiger partial charge is 0.371 e. The van der Waals surface area contributed by atoms with Crippen LogP contribution in [0.1, 0.15) is 17.5 Å². The molecule has 0 saturated heterocycles. The van der Waals surface area contributed by atoms with E-state index < -0.39 is 0 Å². The van der Waals surface area contributed by atoms with Crippen LogP contribution in [0, 0.1) is 0 Å². The van der Waals surface area contributed by atoms with Gasteiger partial charge in [0.1, 0.15) is 0 Å². The lowest BCUT2D eigenvalue weighted by atomic mass is 10.2. The van der Waals surface area contributed by atoms with E-state index in [2.05, 4.69) is 34.5 Å². The number of fused-ring (bicyclic) bond motifs is 1. The number of hydrogen-bond acceptors (Lipinski definition) is 2. The van der Waals surface area contributed by atoms with Gasteiger partial charge in [-0.3, -0.25) is 4.79 Å². The van der Waals surface area contributed by atoms with Crippen LogP contribution < -0.4 is 10.2 Å². The smallest absolute Gasteiger partial charge is 0.244 e. The van der Waals surface area contributed by atoms with Crippen molar-refractivity contribution in [1.82, 2.24) is 5.32 Å². The summed E-state index contributed by atoms with van der Waals surface area (Å²) in [5, 5.41) is 2.95. The Bertz CT molecular complexity index is 679. The SMILES string of the molecule is O=C(C=Cc1ccccc1)NCCCN1CCc2ccccc21. The van der Waals surface area contributed by atoms with Crippen molar-refractivity contribution in [3.8, 4) is 0 Å². The van der Waals surface area contributed by atoms with Crippen molar-refractivity contribution in [2.24, 2.45) is 0 Å². The summed E-state index contributed by atoms with van der Waals surface area (Å²) < 4.78 is 0. The third kappa shape index (κ3) is 4.22. The van der Waals surface area contributed by atoms with Crippen LogP contribution in [0.4, 0.5) is 5.69 Å². The lowest BCUT2D eigenvalue weighted by molar-refractivity contribution is -0.116. The Kier molecular flexibility index (Phi) is 5.09. The van der Waals surface area contributed by atoms with Crippen molar-refractivity contribution in [2.45, 2.75) is 12.8 Å². The summed E-state index contributed by atoms with van der Waals surface area (Å²) in [6, 6.07) is 18.4. The first-order chi connectivity index (χ1) is 11.3. The molecule has 0 bridgehead atoms. The topological polar surface area (TPSA) is 32.3 Å². The van der Waals surface area contributed by atoms with Crippen LogP contribution in [0.25, 0.3) is 6.08 Å². The summed E-state index contributed by atoms with van der Waals surface area (Å²) in [4.78, 5) is 14.2. The average molecular weight is 306 g/mol. The molecule has 3 rings (SSSR count). The molecule has 1 N–H and O–H groups in total. The van der Waals surface area contributed by atoms with Gasteiger partial charge in [0.05, 0.1) is 0 Å². The average Bonchev–Trinajstić information content (AvgIpc) is 3.01. The zero-order chi connectivity index (χ0) is 15.9. The molecule has 0 saturated carbocycles. The van der Waals surface area contributed by atoms with E-state index in [0.717, 1.165) is 31.5 Å². The van der Waals surface area contributed by atoms with Crippen LogP contribution >= 0.6 is 0 Å². The highest BCUT2D eigenvalue weighted by atomic mass is 16.1. The van der Waals surface area contributed by atoms with Crippen LogP contribution in [0.3, 0.4) is 0 Å². The number of carbonyl (C=O) groups is 1. The highest BCUT2D eigenvalue weighted by Gasteiger charge is 2.17. The molecule has 118 valence electrons. The summed E-state index contributed by atoms with van der Waals surface area (Å²) in [6.45, 7) is 2.78. The van der Waals surface area contributed by atoms with E-state index in [0.29, 0.717) is 6.54 Å². The third-order valence-electron chi connectivity index (χ3n) is 4.11. The summed E-state index contributed by atoms with van der Waals surface area (Å²) in [5.74, 6) is -0.0318. The summed E-state index contributed by atoms with van der Waals surface area (Å²) in [7, 11) is 0. The summed E-state index contributed by atoms with van der Waals surface area (Å²) in [5.41, 5.74) is 3.82. The van der Waals surface area contributed by atoms with E-state index in [9.17, 15) is 4.79 Å². The first-order valence-electron chi connectivity index (χ1n) is 8.17. The van der Waals surface area contributed by atoms with Gasteiger partial charge in [-0.05, 0) is 36.1 Å². The molecule has 0 unspecified atom stereocenters. The molecule has 0 spiro atoms. The molecule has 0 aliphatic carbocycles. The van der Waals surface area contributed by atoms with Crippen LogP contribution in [0.15, 0.2) is 60.7 Å². The standard InChI is InChI=1S/C20H22N2O/c23-20(12-11-17-7-2-1-3-8-17)21-14-6-15-22-16-13-18-9-4-5-10-19(18)22/h1-5,7-12H,6,13-16H2,(H,21,23). The number of rotatable bonds is 6. The number of carbonyl (C=O) groups excluding carboxylic acids is 1. The molecule has 2 aromatic carbocycles. The number of benzene rings is 2. The Hall–Kier alpha value is -2.55. The zero-order valence-corrected chi connectivity index (χ0v) is 13.2.